The van der Waals surface area contributed by atoms with E-state index in [1.54, 1.807) is 0 Å². The number of carbonyl (C=O) groups is 1. The van der Waals surface area contributed by atoms with Gasteiger partial charge in [-0.3, -0.25) is 4.79 Å². The first-order valence-corrected chi connectivity index (χ1v) is 6.73. The molecule has 3 heteroatoms. The third-order valence-electron chi connectivity index (χ3n) is 2.89. The van der Waals surface area contributed by atoms with Crippen LogP contribution in [0, 0.1) is 6.92 Å². The summed E-state index contributed by atoms with van der Waals surface area (Å²) >= 11 is 0. The van der Waals surface area contributed by atoms with Gasteiger partial charge in [-0.05, 0) is 39.3 Å². The van der Waals surface area contributed by atoms with Crippen LogP contribution in [-0.4, -0.2) is 18.5 Å². The smallest absolute Gasteiger partial charge is 0.253 e. The number of benzene rings is 1. The van der Waals surface area contributed by atoms with E-state index in [0.29, 0.717) is 0 Å². The summed E-state index contributed by atoms with van der Waals surface area (Å²) in [5, 5.41) is 6.27. The molecule has 100 valence electrons. The Morgan fingerprint density at radius 1 is 1.33 bits per heavy atom. The van der Waals surface area contributed by atoms with Crippen molar-refractivity contribution in [2.24, 2.45) is 0 Å². The lowest BCUT2D eigenvalue weighted by molar-refractivity contribution is 0.0939. The zero-order valence-electron chi connectivity index (χ0n) is 11.8. The van der Waals surface area contributed by atoms with Crippen LogP contribution in [0.4, 0.5) is 5.69 Å². The maximum absolute atomic E-state index is 12.2. The molecule has 0 aliphatic carbocycles. The zero-order chi connectivity index (χ0) is 13.5. The Morgan fingerprint density at radius 3 is 2.67 bits per heavy atom. The van der Waals surface area contributed by atoms with Crippen LogP contribution in [0.1, 0.15) is 49.5 Å². The van der Waals surface area contributed by atoms with Crippen molar-refractivity contribution in [1.82, 2.24) is 5.32 Å². The summed E-state index contributed by atoms with van der Waals surface area (Å²) in [5.41, 5.74) is 2.74. The first-order valence-electron chi connectivity index (χ1n) is 6.73. The molecule has 0 saturated heterocycles. The Hall–Kier alpha value is -1.51. The average molecular weight is 248 g/mol. The van der Waals surface area contributed by atoms with Crippen molar-refractivity contribution in [2.75, 3.05) is 11.9 Å². The molecule has 0 saturated carbocycles. The molecule has 1 atom stereocenters. The van der Waals surface area contributed by atoms with Gasteiger partial charge in [-0.2, -0.15) is 0 Å². The van der Waals surface area contributed by atoms with Crippen molar-refractivity contribution < 1.29 is 4.79 Å². The van der Waals surface area contributed by atoms with E-state index in [2.05, 4.69) is 17.6 Å². The van der Waals surface area contributed by atoms with Crippen LogP contribution in [0.15, 0.2) is 18.2 Å². The van der Waals surface area contributed by atoms with E-state index in [1.807, 2.05) is 39.0 Å². The molecule has 0 bridgehead atoms. The molecule has 1 aromatic carbocycles. The van der Waals surface area contributed by atoms with E-state index in [0.717, 1.165) is 36.2 Å². The van der Waals surface area contributed by atoms with E-state index in [4.69, 9.17) is 0 Å². The van der Waals surface area contributed by atoms with Crippen LogP contribution >= 0.6 is 0 Å². The van der Waals surface area contributed by atoms with E-state index >= 15 is 0 Å². The largest absolute Gasteiger partial charge is 0.385 e. The van der Waals surface area contributed by atoms with Gasteiger partial charge < -0.3 is 10.6 Å². The third kappa shape index (κ3) is 4.06. The van der Waals surface area contributed by atoms with Crippen molar-refractivity contribution in [1.29, 1.82) is 0 Å². The average Bonchev–Trinajstić information content (AvgIpc) is 2.32. The van der Waals surface area contributed by atoms with Crippen molar-refractivity contribution in [3.63, 3.8) is 0 Å². The number of rotatable bonds is 6. The van der Waals surface area contributed by atoms with E-state index in [9.17, 15) is 4.79 Å². The summed E-state index contributed by atoms with van der Waals surface area (Å²) in [6.07, 6.45) is 2.09. The number of amides is 1. The van der Waals surface area contributed by atoms with Gasteiger partial charge in [-0.25, -0.2) is 0 Å². The Bertz CT molecular complexity index is 401. The summed E-state index contributed by atoms with van der Waals surface area (Å²) in [7, 11) is 0. The monoisotopic (exact) mass is 248 g/mol. The number of hydrogen-bond acceptors (Lipinski definition) is 2. The van der Waals surface area contributed by atoms with Gasteiger partial charge in [0.05, 0.1) is 5.56 Å². The third-order valence-corrected chi connectivity index (χ3v) is 2.89. The summed E-state index contributed by atoms with van der Waals surface area (Å²) in [5.74, 6) is 0.00981. The molecule has 0 spiro atoms. The highest BCUT2D eigenvalue weighted by Crippen LogP contribution is 2.17. The molecule has 3 nitrogen and oxygen atoms in total. The summed E-state index contributed by atoms with van der Waals surface area (Å²) in [6, 6.07) is 6.14. The molecule has 2 N–H and O–H groups in total. The Kier molecular flexibility index (Phi) is 5.69. The highest BCUT2D eigenvalue weighted by Gasteiger charge is 2.13. The minimum absolute atomic E-state index is 0.00981. The Morgan fingerprint density at radius 2 is 2.06 bits per heavy atom. The number of anilines is 1. The van der Waals surface area contributed by atoms with E-state index < -0.39 is 0 Å². The van der Waals surface area contributed by atoms with Gasteiger partial charge in [-0.15, -0.1) is 0 Å². The molecule has 1 aromatic rings. The van der Waals surface area contributed by atoms with Crippen molar-refractivity contribution in [2.45, 2.75) is 46.6 Å². The van der Waals surface area contributed by atoms with Crippen LogP contribution in [0.5, 0.6) is 0 Å². The topological polar surface area (TPSA) is 41.1 Å². The lowest BCUT2D eigenvalue weighted by Crippen LogP contribution is -2.32. The fraction of sp³-hybridized carbons (Fsp3) is 0.533. The number of nitrogens with one attached hydrogen (secondary N) is 2. The van der Waals surface area contributed by atoms with Gasteiger partial charge in [0.1, 0.15) is 0 Å². The van der Waals surface area contributed by atoms with E-state index in [1.165, 1.54) is 0 Å². The molecular weight excluding hydrogens is 224 g/mol. The SMILES string of the molecule is CCCC(C)NC(=O)c1cc(C)ccc1NCC. The Labute approximate surface area is 110 Å². The van der Waals surface area contributed by atoms with Crippen molar-refractivity contribution in [3.05, 3.63) is 29.3 Å². The molecule has 0 radical (unpaired) electrons. The quantitative estimate of drug-likeness (QED) is 0.810. The molecule has 0 heterocycles. The second-order valence-corrected chi connectivity index (χ2v) is 4.74. The zero-order valence-corrected chi connectivity index (χ0v) is 11.8. The number of carbonyl (C=O) groups excluding carboxylic acids is 1. The van der Waals surface area contributed by atoms with Gasteiger partial charge in [0.25, 0.3) is 5.91 Å². The second kappa shape index (κ2) is 7.04. The van der Waals surface area contributed by atoms with Crippen LogP contribution in [0.2, 0.25) is 0 Å². The van der Waals surface area contributed by atoms with E-state index in [-0.39, 0.29) is 11.9 Å². The molecule has 0 fully saturated rings. The first-order chi connectivity index (χ1) is 8.58. The highest BCUT2D eigenvalue weighted by atomic mass is 16.1. The predicted molar refractivity (Wildman–Crippen MR) is 77.2 cm³/mol. The maximum Gasteiger partial charge on any atom is 0.253 e. The van der Waals surface area contributed by atoms with Crippen molar-refractivity contribution >= 4 is 11.6 Å². The van der Waals surface area contributed by atoms with Crippen LogP contribution in [0.25, 0.3) is 0 Å². The van der Waals surface area contributed by atoms with Gasteiger partial charge in [-0.1, -0.05) is 25.0 Å². The lowest BCUT2D eigenvalue weighted by atomic mass is 10.1. The standard InChI is InChI=1S/C15H24N2O/c1-5-7-12(4)17-15(18)13-10-11(3)8-9-14(13)16-6-2/h8-10,12,16H,5-7H2,1-4H3,(H,17,18). The minimum atomic E-state index is 0.00981. The summed E-state index contributed by atoms with van der Waals surface area (Å²) in [6.45, 7) is 9.01. The summed E-state index contributed by atoms with van der Waals surface area (Å²) < 4.78 is 0. The molecule has 1 unspecified atom stereocenters. The van der Waals surface area contributed by atoms with Crippen LogP contribution in [0.3, 0.4) is 0 Å². The van der Waals surface area contributed by atoms with Crippen LogP contribution < -0.4 is 10.6 Å². The highest BCUT2D eigenvalue weighted by molar-refractivity contribution is 6.00. The predicted octanol–water partition coefficient (Wildman–Crippen LogP) is 3.35. The Balaban J connectivity index is 2.85. The van der Waals surface area contributed by atoms with Crippen LogP contribution in [-0.2, 0) is 0 Å². The fourth-order valence-corrected chi connectivity index (χ4v) is 2.00. The van der Waals surface area contributed by atoms with Gasteiger partial charge in [0, 0.05) is 18.3 Å². The number of aryl methyl sites for hydroxylation is 1. The fourth-order valence-electron chi connectivity index (χ4n) is 2.00. The minimum Gasteiger partial charge on any atom is -0.385 e. The molecule has 0 aliphatic rings. The van der Waals surface area contributed by atoms with Gasteiger partial charge in [0.15, 0.2) is 0 Å². The molecule has 18 heavy (non-hydrogen) atoms. The molecule has 1 rings (SSSR count). The maximum atomic E-state index is 12.2. The second-order valence-electron chi connectivity index (χ2n) is 4.74. The molecule has 1 amide bonds. The first kappa shape index (κ1) is 14.6. The number of hydrogen-bond donors (Lipinski definition) is 2. The normalized spacial score (nSPS) is 12.0. The molecule has 0 aromatic heterocycles. The van der Waals surface area contributed by atoms with Gasteiger partial charge >= 0.3 is 0 Å². The van der Waals surface area contributed by atoms with Gasteiger partial charge in [0.2, 0.25) is 0 Å². The summed E-state index contributed by atoms with van der Waals surface area (Å²) in [4.78, 5) is 12.2. The van der Waals surface area contributed by atoms with Crippen molar-refractivity contribution in [3.8, 4) is 0 Å². The lowest BCUT2D eigenvalue weighted by Gasteiger charge is -2.16. The molecule has 0 aliphatic heterocycles. The molecular formula is C15H24N2O.